The van der Waals surface area contributed by atoms with Gasteiger partial charge in [0.2, 0.25) is 0 Å². The van der Waals surface area contributed by atoms with Crippen LogP contribution >= 0.6 is 15.9 Å². The highest BCUT2D eigenvalue weighted by atomic mass is 79.9. The second kappa shape index (κ2) is 5.71. The summed E-state index contributed by atoms with van der Waals surface area (Å²) in [7, 11) is -4.19. The predicted octanol–water partition coefficient (Wildman–Crippen LogP) is 2.84. The number of nitriles is 1. The number of rotatable bonds is 3. The van der Waals surface area contributed by atoms with E-state index in [1.807, 2.05) is 6.07 Å². The lowest BCUT2D eigenvalue weighted by molar-refractivity contribution is 0.570. The Labute approximate surface area is 129 Å². The number of para-hydroxylation sites is 1. The van der Waals surface area contributed by atoms with Gasteiger partial charge in [0, 0.05) is 10.2 Å². The summed E-state index contributed by atoms with van der Waals surface area (Å²) in [5.74, 6) is -0.946. The van der Waals surface area contributed by atoms with Gasteiger partial charge in [0.1, 0.15) is 16.8 Å². The van der Waals surface area contributed by atoms with Crippen LogP contribution in [0, 0.1) is 17.1 Å². The number of halogens is 2. The second-order valence-corrected chi connectivity index (χ2v) is 6.57. The quantitative estimate of drug-likeness (QED) is 0.812. The third-order valence-corrected chi connectivity index (χ3v) is 4.70. The van der Waals surface area contributed by atoms with Crippen molar-refractivity contribution in [3.05, 3.63) is 52.3 Å². The number of benzene rings is 2. The van der Waals surface area contributed by atoms with Crippen molar-refractivity contribution in [3.63, 3.8) is 0 Å². The van der Waals surface area contributed by atoms with E-state index in [1.165, 1.54) is 12.1 Å². The maximum atomic E-state index is 13.8. The summed E-state index contributed by atoms with van der Waals surface area (Å²) in [6.07, 6.45) is 0. The van der Waals surface area contributed by atoms with Gasteiger partial charge in [-0.15, -0.1) is 0 Å². The van der Waals surface area contributed by atoms with E-state index in [0.29, 0.717) is 0 Å². The molecule has 0 aliphatic heterocycles. The summed E-state index contributed by atoms with van der Waals surface area (Å²) < 4.78 is 40.7. The van der Waals surface area contributed by atoms with Crippen LogP contribution in [0.4, 0.5) is 15.8 Å². The Morgan fingerprint density at radius 2 is 1.95 bits per heavy atom. The molecule has 0 unspecified atom stereocenters. The molecule has 2 rings (SSSR count). The molecule has 2 aromatic carbocycles. The smallest absolute Gasteiger partial charge is 0.264 e. The summed E-state index contributed by atoms with van der Waals surface area (Å²) >= 11 is 3.01. The molecule has 5 nitrogen and oxygen atoms in total. The Morgan fingerprint density at radius 1 is 1.29 bits per heavy atom. The minimum atomic E-state index is -4.19. The number of nitrogens with two attached hydrogens (primary N) is 1. The zero-order chi connectivity index (χ0) is 15.6. The Kier molecular flexibility index (Phi) is 4.16. The van der Waals surface area contributed by atoms with Crippen LogP contribution in [0.15, 0.2) is 45.8 Å². The van der Waals surface area contributed by atoms with Gasteiger partial charge < -0.3 is 5.73 Å². The van der Waals surface area contributed by atoms with Crippen molar-refractivity contribution >= 4 is 37.3 Å². The SMILES string of the molecule is N#Cc1ccccc1NS(=O)(=O)c1cc(N)c(Br)cc1F. The molecule has 0 aliphatic carbocycles. The Morgan fingerprint density at radius 3 is 2.62 bits per heavy atom. The normalized spacial score (nSPS) is 10.9. The minimum absolute atomic E-state index is 0.0703. The van der Waals surface area contributed by atoms with Crippen molar-refractivity contribution in [2.45, 2.75) is 4.90 Å². The molecular formula is C13H9BrFN3O2S. The Bertz CT molecular complexity index is 847. The molecule has 0 radical (unpaired) electrons. The number of nitrogen functional groups attached to an aromatic ring is 1. The monoisotopic (exact) mass is 369 g/mol. The Hall–Kier alpha value is -2.11. The van der Waals surface area contributed by atoms with Crippen molar-refractivity contribution < 1.29 is 12.8 Å². The lowest BCUT2D eigenvalue weighted by Crippen LogP contribution is -2.16. The van der Waals surface area contributed by atoms with E-state index in [1.54, 1.807) is 12.1 Å². The molecule has 0 aromatic heterocycles. The van der Waals surface area contributed by atoms with Crippen LogP contribution < -0.4 is 10.5 Å². The van der Waals surface area contributed by atoms with Crippen molar-refractivity contribution in [1.82, 2.24) is 0 Å². The number of anilines is 2. The number of hydrogen-bond acceptors (Lipinski definition) is 4. The first-order valence-electron chi connectivity index (χ1n) is 5.61. The maximum absolute atomic E-state index is 13.8. The van der Waals surface area contributed by atoms with E-state index >= 15 is 0 Å². The van der Waals surface area contributed by atoms with Crippen molar-refractivity contribution in [3.8, 4) is 6.07 Å². The molecule has 0 aliphatic rings. The zero-order valence-electron chi connectivity index (χ0n) is 10.5. The molecule has 0 spiro atoms. The van der Waals surface area contributed by atoms with E-state index < -0.39 is 20.7 Å². The van der Waals surface area contributed by atoms with Crippen LogP contribution in [-0.2, 0) is 10.0 Å². The van der Waals surface area contributed by atoms with Gasteiger partial charge >= 0.3 is 0 Å². The summed E-state index contributed by atoms with van der Waals surface area (Å²) in [6, 6.07) is 9.85. The fourth-order valence-corrected chi connectivity index (χ4v) is 3.11. The van der Waals surface area contributed by atoms with Gasteiger partial charge in [-0.3, -0.25) is 4.72 Å². The van der Waals surface area contributed by atoms with Gasteiger partial charge in [0.05, 0.1) is 11.3 Å². The standard InChI is InChI=1S/C13H9BrFN3O2S/c14-9-5-10(15)13(6-11(9)17)21(19,20)18-12-4-2-1-3-8(12)7-16/h1-6,18H,17H2. The van der Waals surface area contributed by atoms with Gasteiger partial charge in [0.25, 0.3) is 10.0 Å². The molecule has 0 atom stereocenters. The van der Waals surface area contributed by atoms with Crippen LogP contribution in [-0.4, -0.2) is 8.42 Å². The summed E-state index contributed by atoms with van der Waals surface area (Å²) in [4.78, 5) is -0.587. The predicted molar refractivity (Wildman–Crippen MR) is 80.5 cm³/mol. The first-order chi connectivity index (χ1) is 9.85. The average molecular weight is 370 g/mol. The molecule has 2 aromatic rings. The second-order valence-electron chi connectivity index (χ2n) is 4.07. The van der Waals surface area contributed by atoms with Crippen molar-refractivity contribution in [2.75, 3.05) is 10.5 Å². The van der Waals surface area contributed by atoms with E-state index in [4.69, 9.17) is 11.0 Å². The lowest BCUT2D eigenvalue weighted by atomic mass is 10.2. The fraction of sp³-hybridized carbons (Fsp3) is 0. The first kappa shape index (κ1) is 15.3. The summed E-state index contributed by atoms with van der Waals surface area (Å²) in [5.41, 5.74) is 5.87. The van der Waals surface area contributed by atoms with E-state index in [-0.39, 0.29) is 21.4 Å². The average Bonchev–Trinajstić information content (AvgIpc) is 2.43. The van der Waals surface area contributed by atoms with Crippen LogP contribution in [0.5, 0.6) is 0 Å². The molecule has 0 fully saturated rings. The van der Waals surface area contributed by atoms with Gasteiger partial charge in [-0.2, -0.15) is 5.26 Å². The number of nitrogens with zero attached hydrogens (tertiary/aromatic N) is 1. The molecule has 3 N–H and O–H groups in total. The van der Waals surface area contributed by atoms with Gasteiger partial charge in [-0.25, -0.2) is 12.8 Å². The highest BCUT2D eigenvalue weighted by molar-refractivity contribution is 9.10. The number of hydrogen-bond donors (Lipinski definition) is 2. The van der Waals surface area contributed by atoms with Gasteiger partial charge in [-0.1, -0.05) is 12.1 Å². The largest absolute Gasteiger partial charge is 0.398 e. The molecular weight excluding hydrogens is 361 g/mol. The zero-order valence-corrected chi connectivity index (χ0v) is 12.9. The molecule has 0 amide bonds. The summed E-state index contributed by atoms with van der Waals surface area (Å²) in [6.45, 7) is 0. The molecule has 0 saturated carbocycles. The third kappa shape index (κ3) is 3.15. The van der Waals surface area contributed by atoms with Gasteiger partial charge in [0.15, 0.2) is 0 Å². The van der Waals surface area contributed by atoms with Crippen LogP contribution in [0.25, 0.3) is 0 Å². The van der Waals surface area contributed by atoms with Crippen molar-refractivity contribution in [2.24, 2.45) is 0 Å². The molecule has 21 heavy (non-hydrogen) atoms. The number of nitrogens with one attached hydrogen (secondary N) is 1. The molecule has 8 heteroatoms. The van der Waals surface area contributed by atoms with Crippen LogP contribution in [0.1, 0.15) is 5.56 Å². The molecule has 0 saturated heterocycles. The van der Waals surface area contributed by atoms with E-state index in [0.717, 1.165) is 12.1 Å². The fourth-order valence-electron chi connectivity index (χ4n) is 1.62. The van der Waals surface area contributed by atoms with Crippen LogP contribution in [0.2, 0.25) is 0 Å². The van der Waals surface area contributed by atoms with Crippen LogP contribution in [0.3, 0.4) is 0 Å². The first-order valence-corrected chi connectivity index (χ1v) is 7.89. The topological polar surface area (TPSA) is 96.0 Å². The lowest BCUT2D eigenvalue weighted by Gasteiger charge is -2.11. The third-order valence-electron chi connectivity index (χ3n) is 2.63. The highest BCUT2D eigenvalue weighted by Crippen LogP contribution is 2.28. The van der Waals surface area contributed by atoms with E-state index in [2.05, 4.69) is 20.7 Å². The van der Waals surface area contributed by atoms with Gasteiger partial charge in [-0.05, 0) is 40.2 Å². The van der Waals surface area contributed by atoms with E-state index in [9.17, 15) is 12.8 Å². The number of sulfonamides is 1. The Balaban J connectivity index is 2.49. The molecule has 0 bridgehead atoms. The maximum Gasteiger partial charge on any atom is 0.264 e. The van der Waals surface area contributed by atoms with Crippen molar-refractivity contribution in [1.29, 1.82) is 5.26 Å². The summed E-state index contributed by atoms with van der Waals surface area (Å²) in [5, 5.41) is 8.94. The highest BCUT2D eigenvalue weighted by Gasteiger charge is 2.21. The molecule has 108 valence electrons. The minimum Gasteiger partial charge on any atom is -0.398 e. The molecule has 0 heterocycles.